The zero-order valence-electron chi connectivity index (χ0n) is 9.47. The molecule has 2 unspecified atom stereocenters. The molecule has 0 aromatic carbocycles. The van der Waals surface area contributed by atoms with E-state index in [4.69, 9.17) is 6.42 Å². The Labute approximate surface area is 87.5 Å². The zero-order chi connectivity index (χ0) is 11.0. The summed E-state index contributed by atoms with van der Waals surface area (Å²) in [5.41, 5.74) is 0. The first-order valence-electron chi connectivity index (χ1n) is 5.42. The van der Waals surface area contributed by atoms with Crippen molar-refractivity contribution in [3.8, 4) is 12.3 Å². The summed E-state index contributed by atoms with van der Waals surface area (Å²) in [6, 6.07) is -0.0909. The SMILES string of the molecule is C#CC(CCC)NC(=O)C(C)CCC. The predicted molar refractivity (Wildman–Crippen MR) is 59.7 cm³/mol. The van der Waals surface area contributed by atoms with Gasteiger partial charge in [0.2, 0.25) is 5.91 Å². The fraction of sp³-hybridized carbons (Fsp3) is 0.750. The smallest absolute Gasteiger partial charge is 0.223 e. The first-order valence-corrected chi connectivity index (χ1v) is 5.42. The number of nitrogens with one attached hydrogen (secondary N) is 1. The molecule has 1 N–H and O–H groups in total. The van der Waals surface area contributed by atoms with Crippen molar-refractivity contribution in [1.82, 2.24) is 5.32 Å². The maximum atomic E-state index is 11.6. The Balaban J connectivity index is 3.96. The first kappa shape index (κ1) is 13.0. The zero-order valence-corrected chi connectivity index (χ0v) is 9.47. The van der Waals surface area contributed by atoms with E-state index < -0.39 is 0 Å². The van der Waals surface area contributed by atoms with E-state index in [0.717, 1.165) is 25.7 Å². The van der Waals surface area contributed by atoms with Crippen LogP contribution in [0.4, 0.5) is 0 Å². The van der Waals surface area contributed by atoms with Crippen LogP contribution in [0.15, 0.2) is 0 Å². The molecule has 0 spiro atoms. The van der Waals surface area contributed by atoms with Gasteiger partial charge < -0.3 is 5.32 Å². The molecule has 0 aliphatic rings. The molecule has 0 rings (SSSR count). The summed E-state index contributed by atoms with van der Waals surface area (Å²) < 4.78 is 0. The second kappa shape index (κ2) is 7.44. The average molecular weight is 195 g/mol. The largest absolute Gasteiger partial charge is 0.342 e. The highest BCUT2D eigenvalue weighted by molar-refractivity contribution is 5.78. The van der Waals surface area contributed by atoms with E-state index in [1.54, 1.807) is 0 Å². The van der Waals surface area contributed by atoms with Crippen molar-refractivity contribution in [3.05, 3.63) is 0 Å². The highest BCUT2D eigenvalue weighted by atomic mass is 16.1. The van der Waals surface area contributed by atoms with Gasteiger partial charge in [-0.05, 0) is 12.8 Å². The minimum Gasteiger partial charge on any atom is -0.342 e. The number of terminal acetylenes is 1. The number of carbonyl (C=O) groups is 1. The molecule has 0 heterocycles. The molecule has 14 heavy (non-hydrogen) atoms. The van der Waals surface area contributed by atoms with Gasteiger partial charge in [-0.3, -0.25) is 4.79 Å². The lowest BCUT2D eigenvalue weighted by molar-refractivity contribution is -0.125. The Morgan fingerprint density at radius 3 is 2.36 bits per heavy atom. The van der Waals surface area contributed by atoms with Gasteiger partial charge in [-0.15, -0.1) is 6.42 Å². The predicted octanol–water partition coefficient (Wildman–Crippen LogP) is 2.34. The highest BCUT2D eigenvalue weighted by Crippen LogP contribution is 2.06. The van der Waals surface area contributed by atoms with E-state index >= 15 is 0 Å². The Hall–Kier alpha value is -0.970. The molecule has 0 aliphatic heterocycles. The summed E-state index contributed by atoms with van der Waals surface area (Å²) in [7, 11) is 0. The maximum absolute atomic E-state index is 11.6. The minimum absolute atomic E-state index is 0.0766. The quantitative estimate of drug-likeness (QED) is 0.648. The summed E-state index contributed by atoms with van der Waals surface area (Å²) in [6.45, 7) is 6.08. The lowest BCUT2D eigenvalue weighted by Gasteiger charge is -2.15. The van der Waals surface area contributed by atoms with Crippen molar-refractivity contribution < 1.29 is 4.79 Å². The molecule has 1 amide bonds. The third-order valence-electron chi connectivity index (χ3n) is 2.26. The van der Waals surface area contributed by atoms with Crippen LogP contribution in [0.5, 0.6) is 0 Å². The van der Waals surface area contributed by atoms with Crippen LogP contribution < -0.4 is 5.32 Å². The second-order valence-corrected chi connectivity index (χ2v) is 3.71. The lowest BCUT2D eigenvalue weighted by Crippen LogP contribution is -2.37. The van der Waals surface area contributed by atoms with Crippen molar-refractivity contribution >= 4 is 5.91 Å². The fourth-order valence-corrected chi connectivity index (χ4v) is 1.36. The molecule has 0 aliphatic carbocycles. The van der Waals surface area contributed by atoms with E-state index in [-0.39, 0.29) is 17.9 Å². The molecule has 80 valence electrons. The van der Waals surface area contributed by atoms with Gasteiger partial charge in [-0.25, -0.2) is 0 Å². The van der Waals surface area contributed by atoms with Crippen molar-refractivity contribution in [1.29, 1.82) is 0 Å². The van der Waals surface area contributed by atoms with Crippen molar-refractivity contribution in [3.63, 3.8) is 0 Å². The van der Waals surface area contributed by atoms with Gasteiger partial charge in [0.25, 0.3) is 0 Å². The van der Waals surface area contributed by atoms with Gasteiger partial charge in [-0.2, -0.15) is 0 Å². The molecule has 0 saturated heterocycles. The van der Waals surface area contributed by atoms with Crippen LogP contribution in [0.2, 0.25) is 0 Å². The number of amides is 1. The van der Waals surface area contributed by atoms with Crippen molar-refractivity contribution in [2.75, 3.05) is 0 Å². The summed E-state index contributed by atoms with van der Waals surface area (Å²) >= 11 is 0. The number of rotatable bonds is 6. The summed E-state index contributed by atoms with van der Waals surface area (Å²) in [5, 5.41) is 2.88. The Morgan fingerprint density at radius 1 is 1.36 bits per heavy atom. The minimum atomic E-state index is -0.0909. The third kappa shape index (κ3) is 4.91. The topological polar surface area (TPSA) is 29.1 Å². The molecule has 0 aromatic heterocycles. The molecule has 0 fully saturated rings. The average Bonchev–Trinajstić information content (AvgIpc) is 2.17. The molecular weight excluding hydrogens is 174 g/mol. The monoisotopic (exact) mass is 195 g/mol. The Kier molecular flexibility index (Phi) is 6.92. The van der Waals surface area contributed by atoms with Crippen LogP contribution in [0, 0.1) is 18.3 Å². The molecule has 0 radical (unpaired) electrons. The van der Waals surface area contributed by atoms with E-state index in [2.05, 4.69) is 25.1 Å². The van der Waals surface area contributed by atoms with Gasteiger partial charge in [0.15, 0.2) is 0 Å². The fourth-order valence-electron chi connectivity index (χ4n) is 1.36. The van der Waals surface area contributed by atoms with Crippen LogP contribution >= 0.6 is 0 Å². The van der Waals surface area contributed by atoms with Gasteiger partial charge in [-0.1, -0.05) is 39.5 Å². The molecule has 0 bridgehead atoms. The van der Waals surface area contributed by atoms with E-state index in [1.807, 2.05) is 6.92 Å². The normalized spacial score (nSPS) is 14.1. The molecule has 2 nitrogen and oxygen atoms in total. The van der Waals surface area contributed by atoms with E-state index in [0.29, 0.717) is 0 Å². The van der Waals surface area contributed by atoms with Crippen LogP contribution in [-0.4, -0.2) is 11.9 Å². The van der Waals surface area contributed by atoms with Crippen LogP contribution in [0.3, 0.4) is 0 Å². The van der Waals surface area contributed by atoms with Crippen molar-refractivity contribution in [2.45, 2.75) is 52.5 Å². The lowest BCUT2D eigenvalue weighted by atomic mass is 10.0. The Morgan fingerprint density at radius 2 is 1.93 bits per heavy atom. The van der Waals surface area contributed by atoms with Gasteiger partial charge in [0, 0.05) is 5.92 Å². The van der Waals surface area contributed by atoms with E-state index in [1.165, 1.54) is 0 Å². The molecular formula is C12H21NO. The van der Waals surface area contributed by atoms with Crippen molar-refractivity contribution in [2.24, 2.45) is 5.92 Å². The summed E-state index contributed by atoms with van der Waals surface area (Å²) in [4.78, 5) is 11.6. The van der Waals surface area contributed by atoms with Gasteiger partial charge in [0.1, 0.15) is 0 Å². The summed E-state index contributed by atoms with van der Waals surface area (Å²) in [6.07, 6.45) is 9.13. The molecule has 0 aromatic rings. The molecule has 2 heteroatoms. The Bertz CT molecular complexity index is 205. The molecule has 0 saturated carbocycles. The molecule has 2 atom stereocenters. The van der Waals surface area contributed by atoms with Gasteiger partial charge in [0.05, 0.1) is 6.04 Å². The van der Waals surface area contributed by atoms with Crippen LogP contribution in [0.1, 0.15) is 46.5 Å². The first-order chi connectivity index (χ1) is 6.65. The standard InChI is InChI=1S/C12H21NO/c1-5-8-10(4)12(14)13-11(7-3)9-6-2/h3,10-11H,5-6,8-9H2,1-2,4H3,(H,13,14). The highest BCUT2D eigenvalue weighted by Gasteiger charge is 2.14. The van der Waals surface area contributed by atoms with E-state index in [9.17, 15) is 4.79 Å². The number of carbonyl (C=O) groups excluding carboxylic acids is 1. The third-order valence-corrected chi connectivity index (χ3v) is 2.26. The van der Waals surface area contributed by atoms with Crippen LogP contribution in [0.25, 0.3) is 0 Å². The second-order valence-electron chi connectivity index (χ2n) is 3.71. The van der Waals surface area contributed by atoms with Crippen LogP contribution in [-0.2, 0) is 4.79 Å². The maximum Gasteiger partial charge on any atom is 0.223 e. The van der Waals surface area contributed by atoms with Gasteiger partial charge >= 0.3 is 0 Å². The number of hydrogen-bond acceptors (Lipinski definition) is 1. The summed E-state index contributed by atoms with van der Waals surface area (Å²) in [5.74, 6) is 2.76. The number of hydrogen-bond donors (Lipinski definition) is 1.